The molecule has 1 atom stereocenters. The minimum atomic E-state index is -0.0496. The highest BCUT2D eigenvalue weighted by molar-refractivity contribution is 5.35. The van der Waals surface area contributed by atoms with Crippen LogP contribution in [0, 0.1) is 0 Å². The third-order valence-electron chi connectivity index (χ3n) is 5.88. The number of aromatic nitrogens is 2. The van der Waals surface area contributed by atoms with Crippen molar-refractivity contribution < 1.29 is 9.84 Å². The molecule has 2 aliphatic rings. The number of aryl methyl sites for hydroxylation is 1. The van der Waals surface area contributed by atoms with Gasteiger partial charge in [-0.3, -0.25) is 14.0 Å². The van der Waals surface area contributed by atoms with Gasteiger partial charge in [-0.05, 0) is 50.8 Å². The summed E-state index contributed by atoms with van der Waals surface area (Å²) >= 11 is 0. The molecule has 0 fully saturated rings. The molecule has 1 aromatic heterocycles. The highest BCUT2D eigenvalue weighted by atomic mass is 16.5. The standard InChI is InChI=1S/C21H29N3O3/c1-22(19-12-11-16-8-3-4-10-18(16)27-19)13-5-2-6-14-24-20(25)17-9-7-15-23(17)21(24)26/h3-4,8,10,19,25H,2,5-7,9,11-15H2,1H3. The summed E-state index contributed by atoms with van der Waals surface area (Å²) in [6.45, 7) is 2.31. The molecule has 27 heavy (non-hydrogen) atoms. The molecule has 0 aliphatic carbocycles. The highest BCUT2D eigenvalue weighted by Gasteiger charge is 2.24. The molecule has 6 nitrogen and oxygen atoms in total. The van der Waals surface area contributed by atoms with Crippen LogP contribution in [0.1, 0.15) is 43.4 Å². The van der Waals surface area contributed by atoms with Gasteiger partial charge in [-0.2, -0.15) is 0 Å². The summed E-state index contributed by atoms with van der Waals surface area (Å²) in [7, 11) is 2.12. The second-order valence-electron chi connectivity index (χ2n) is 7.72. The number of ether oxygens (including phenoxy) is 1. The van der Waals surface area contributed by atoms with Crippen molar-refractivity contribution in [2.24, 2.45) is 0 Å². The Morgan fingerprint density at radius 2 is 2.07 bits per heavy atom. The Balaban J connectivity index is 1.22. The van der Waals surface area contributed by atoms with Gasteiger partial charge in [-0.25, -0.2) is 4.79 Å². The molecule has 4 rings (SSSR count). The molecular formula is C21H29N3O3. The van der Waals surface area contributed by atoms with Crippen molar-refractivity contribution in [3.05, 3.63) is 46.0 Å². The van der Waals surface area contributed by atoms with E-state index in [1.165, 1.54) is 5.56 Å². The third-order valence-corrected chi connectivity index (χ3v) is 5.88. The first kappa shape index (κ1) is 18.2. The normalized spacial score (nSPS) is 18.4. The molecule has 2 aromatic rings. The number of rotatable bonds is 7. The largest absolute Gasteiger partial charge is 0.493 e. The maximum absolute atomic E-state index is 12.3. The Kier molecular flexibility index (Phi) is 5.25. The zero-order valence-corrected chi connectivity index (χ0v) is 16.1. The monoisotopic (exact) mass is 371 g/mol. The summed E-state index contributed by atoms with van der Waals surface area (Å²) < 4.78 is 9.40. The zero-order valence-electron chi connectivity index (χ0n) is 16.1. The van der Waals surface area contributed by atoms with Gasteiger partial charge in [0.15, 0.2) is 6.23 Å². The average molecular weight is 371 g/mol. The van der Waals surface area contributed by atoms with Crippen molar-refractivity contribution >= 4 is 0 Å². The van der Waals surface area contributed by atoms with Gasteiger partial charge in [0, 0.05) is 26.1 Å². The predicted molar refractivity (Wildman–Crippen MR) is 104 cm³/mol. The summed E-state index contributed by atoms with van der Waals surface area (Å²) in [4.78, 5) is 14.6. The van der Waals surface area contributed by atoms with Crippen molar-refractivity contribution in [1.29, 1.82) is 0 Å². The smallest absolute Gasteiger partial charge is 0.331 e. The summed E-state index contributed by atoms with van der Waals surface area (Å²) in [5.74, 6) is 1.20. The van der Waals surface area contributed by atoms with Gasteiger partial charge in [0.2, 0.25) is 5.88 Å². The van der Waals surface area contributed by atoms with Gasteiger partial charge in [0.1, 0.15) is 5.75 Å². The quantitative estimate of drug-likeness (QED) is 0.761. The van der Waals surface area contributed by atoms with Crippen molar-refractivity contribution in [1.82, 2.24) is 14.0 Å². The molecule has 0 spiro atoms. The molecule has 3 heterocycles. The van der Waals surface area contributed by atoms with E-state index in [-0.39, 0.29) is 17.8 Å². The van der Waals surface area contributed by atoms with Crippen molar-refractivity contribution in [2.75, 3.05) is 13.6 Å². The lowest BCUT2D eigenvalue weighted by atomic mass is 10.0. The van der Waals surface area contributed by atoms with E-state index in [1.807, 2.05) is 6.07 Å². The minimum Gasteiger partial charge on any atom is -0.493 e. The van der Waals surface area contributed by atoms with Crippen LogP contribution in [0.2, 0.25) is 0 Å². The fourth-order valence-corrected chi connectivity index (χ4v) is 4.28. The van der Waals surface area contributed by atoms with Crippen LogP contribution >= 0.6 is 0 Å². The number of fused-ring (bicyclic) bond motifs is 2. The molecule has 0 saturated carbocycles. The Hall–Kier alpha value is -2.21. The third kappa shape index (κ3) is 3.63. The van der Waals surface area contributed by atoms with Crippen LogP contribution < -0.4 is 10.4 Å². The van der Waals surface area contributed by atoms with E-state index in [4.69, 9.17) is 4.74 Å². The van der Waals surface area contributed by atoms with Crippen LogP contribution in [-0.2, 0) is 25.9 Å². The number of hydrogen-bond donors (Lipinski definition) is 1. The van der Waals surface area contributed by atoms with E-state index in [0.717, 1.165) is 69.5 Å². The Morgan fingerprint density at radius 1 is 1.22 bits per heavy atom. The maximum Gasteiger partial charge on any atom is 0.331 e. The van der Waals surface area contributed by atoms with Gasteiger partial charge < -0.3 is 9.84 Å². The zero-order chi connectivity index (χ0) is 18.8. The molecule has 1 N–H and O–H groups in total. The molecule has 6 heteroatoms. The van der Waals surface area contributed by atoms with E-state index in [1.54, 1.807) is 9.13 Å². The lowest BCUT2D eigenvalue weighted by molar-refractivity contribution is 0.0269. The molecule has 0 amide bonds. The Labute approximate surface area is 160 Å². The lowest BCUT2D eigenvalue weighted by Gasteiger charge is -2.32. The molecule has 1 unspecified atom stereocenters. The number of nitrogens with zero attached hydrogens (tertiary/aromatic N) is 3. The molecule has 0 radical (unpaired) electrons. The topological polar surface area (TPSA) is 59.6 Å². The Bertz CT molecular complexity index is 855. The van der Waals surface area contributed by atoms with Crippen LogP contribution in [0.5, 0.6) is 11.6 Å². The number of unbranched alkanes of at least 4 members (excludes halogenated alkanes) is 2. The van der Waals surface area contributed by atoms with E-state index < -0.39 is 0 Å². The van der Waals surface area contributed by atoms with Crippen molar-refractivity contribution in [3.63, 3.8) is 0 Å². The van der Waals surface area contributed by atoms with Gasteiger partial charge in [-0.1, -0.05) is 24.6 Å². The second-order valence-corrected chi connectivity index (χ2v) is 7.72. The van der Waals surface area contributed by atoms with Gasteiger partial charge in [0.05, 0.1) is 5.69 Å². The van der Waals surface area contributed by atoms with E-state index in [0.29, 0.717) is 6.54 Å². The van der Waals surface area contributed by atoms with Crippen LogP contribution in [0.15, 0.2) is 29.1 Å². The second kappa shape index (κ2) is 7.80. The number of para-hydroxylation sites is 1. The van der Waals surface area contributed by atoms with Gasteiger partial charge in [0.25, 0.3) is 0 Å². The molecule has 0 bridgehead atoms. The fourth-order valence-electron chi connectivity index (χ4n) is 4.28. The molecule has 0 saturated heterocycles. The number of hydrogen-bond acceptors (Lipinski definition) is 4. The van der Waals surface area contributed by atoms with E-state index >= 15 is 0 Å². The summed E-state index contributed by atoms with van der Waals surface area (Å²) in [6, 6.07) is 8.28. The van der Waals surface area contributed by atoms with Crippen LogP contribution in [-0.4, -0.2) is 39.0 Å². The first-order chi connectivity index (χ1) is 13.1. The van der Waals surface area contributed by atoms with Crippen LogP contribution in [0.4, 0.5) is 0 Å². The minimum absolute atomic E-state index is 0.0496. The van der Waals surface area contributed by atoms with Gasteiger partial charge in [-0.15, -0.1) is 0 Å². The lowest BCUT2D eigenvalue weighted by Crippen LogP contribution is -2.39. The molecular weight excluding hydrogens is 342 g/mol. The maximum atomic E-state index is 12.3. The molecule has 2 aliphatic heterocycles. The van der Waals surface area contributed by atoms with Crippen LogP contribution in [0.3, 0.4) is 0 Å². The first-order valence-corrected chi connectivity index (χ1v) is 10.1. The van der Waals surface area contributed by atoms with Crippen LogP contribution in [0.25, 0.3) is 0 Å². The summed E-state index contributed by atoms with van der Waals surface area (Å²) in [6.07, 6.45) is 6.98. The van der Waals surface area contributed by atoms with E-state index in [2.05, 4.69) is 30.1 Å². The number of aromatic hydroxyl groups is 1. The number of imidazole rings is 1. The first-order valence-electron chi connectivity index (χ1n) is 10.1. The average Bonchev–Trinajstić information content (AvgIpc) is 3.26. The summed E-state index contributed by atoms with van der Waals surface area (Å²) in [5, 5.41) is 10.2. The highest BCUT2D eigenvalue weighted by Crippen LogP contribution is 2.28. The van der Waals surface area contributed by atoms with E-state index in [9.17, 15) is 9.90 Å². The summed E-state index contributed by atoms with van der Waals surface area (Å²) in [5.41, 5.74) is 2.06. The van der Waals surface area contributed by atoms with Gasteiger partial charge >= 0.3 is 5.69 Å². The fraction of sp³-hybridized carbons (Fsp3) is 0.571. The molecule has 146 valence electrons. The Morgan fingerprint density at radius 3 is 2.93 bits per heavy atom. The molecule has 1 aromatic carbocycles. The predicted octanol–water partition coefficient (Wildman–Crippen LogP) is 2.76. The van der Waals surface area contributed by atoms with Crippen molar-refractivity contribution in [2.45, 2.75) is 64.3 Å². The van der Waals surface area contributed by atoms with Crippen molar-refractivity contribution in [3.8, 4) is 11.6 Å². The SMILES string of the molecule is CN(CCCCCn1c(O)c2n(c1=O)CCC2)C1CCc2ccccc2O1. The number of benzene rings is 1.